The van der Waals surface area contributed by atoms with Gasteiger partial charge in [0.2, 0.25) is 0 Å². The number of benzene rings is 1. The highest BCUT2D eigenvalue weighted by molar-refractivity contribution is 6.00. The smallest absolute Gasteiger partial charge is 0.305 e. The molecule has 17 heavy (non-hydrogen) atoms. The number of carbonyl (C=O) groups is 1. The second kappa shape index (κ2) is 4.99. The Balaban J connectivity index is 2.11. The second-order valence-corrected chi connectivity index (χ2v) is 4.21. The molecule has 0 spiro atoms. The zero-order valence-corrected chi connectivity index (χ0v) is 9.89. The molecule has 0 aliphatic carbocycles. The van der Waals surface area contributed by atoms with E-state index in [1.165, 1.54) is 5.56 Å². The van der Waals surface area contributed by atoms with Crippen LogP contribution in [0.4, 0.5) is 0 Å². The lowest BCUT2D eigenvalue weighted by Crippen LogP contribution is -2.30. The standard InChI is InChI=1S/C13H16N2O2/c1-10-3-2-4-11(9-10)13-14-6-8-15(13)7-5-12(16)17/h2-4,9H,5-8H2,1H3,(H,16,17). The van der Waals surface area contributed by atoms with Crippen LogP contribution in [0.2, 0.25) is 0 Å². The van der Waals surface area contributed by atoms with Gasteiger partial charge >= 0.3 is 5.97 Å². The Morgan fingerprint density at radius 3 is 3.06 bits per heavy atom. The van der Waals surface area contributed by atoms with Gasteiger partial charge in [-0.05, 0) is 13.0 Å². The molecule has 0 fully saturated rings. The third kappa shape index (κ3) is 2.84. The molecule has 0 atom stereocenters. The van der Waals surface area contributed by atoms with Gasteiger partial charge in [-0.1, -0.05) is 23.8 Å². The van der Waals surface area contributed by atoms with E-state index < -0.39 is 5.97 Å². The van der Waals surface area contributed by atoms with E-state index in [9.17, 15) is 4.79 Å². The summed E-state index contributed by atoms with van der Waals surface area (Å²) in [5.41, 5.74) is 2.27. The number of aliphatic carboxylic acids is 1. The van der Waals surface area contributed by atoms with Crippen LogP contribution in [0.5, 0.6) is 0 Å². The normalized spacial score (nSPS) is 14.9. The highest BCUT2D eigenvalue weighted by atomic mass is 16.4. The van der Waals surface area contributed by atoms with Crippen LogP contribution in [0.1, 0.15) is 17.5 Å². The predicted molar refractivity (Wildman–Crippen MR) is 66.4 cm³/mol. The lowest BCUT2D eigenvalue weighted by atomic mass is 10.1. The molecule has 1 aromatic rings. The number of rotatable bonds is 4. The summed E-state index contributed by atoms with van der Waals surface area (Å²) in [4.78, 5) is 17.1. The highest BCUT2D eigenvalue weighted by Gasteiger charge is 2.18. The third-order valence-corrected chi connectivity index (χ3v) is 2.80. The molecule has 0 unspecified atom stereocenters. The minimum absolute atomic E-state index is 0.158. The van der Waals surface area contributed by atoms with Crippen LogP contribution in [-0.2, 0) is 4.79 Å². The Morgan fingerprint density at radius 1 is 1.53 bits per heavy atom. The van der Waals surface area contributed by atoms with E-state index in [4.69, 9.17) is 5.11 Å². The van der Waals surface area contributed by atoms with Gasteiger partial charge in [0, 0.05) is 18.7 Å². The van der Waals surface area contributed by atoms with Crippen molar-refractivity contribution in [1.29, 1.82) is 0 Å². The summed E-state index contributed by atoms with van der Waals surface area (Å²) in [6, 6.07) is 8.14. The van der Waals surface area contributed by atoms with E-state index in [1.54, 1.807) is 0 Å². The predicted octanol–water partition coefficient (Wildman–Crippen LogP) is 1.53. The van der Waals surface area contributed by atoms with Crippen molar-refractivity contribution in [3.63, 3.8) is 0 Å². The first kappa shape index (κ1) is 11.6. The average molecular weight is 232 g/mol. The van der Waals surface area contributed by atoms with Crippen molar-refractivity contribution in [2.24, 2.45) is 4.99 Å². The molecule has 1 aromatic carbocycles. The fourth-order valence-electron chi connectivity index (χ4n) is 1.99. The van der Waals surface area contributed by atoms with Gasteiger partial charge in [0.25, 0.3) is 0 Å². The molecule has 0 radical (unpaired) electrons. The van der Waals surface area contributed by atoms with Gasteiger partial charge in [-0.2, -0.15) is 0 Å². The summed E-state index contributed by atoms with van der Waals surface area (Å²) in [5.74, 6) is 0.162. The van der Waals surface area contributed by atoms with Gasteiger partial charge in [0.05, 0.1) is 13.0 Å². The molecule has 0 amide bonds. The van der Waals surface area contributed by atoms with Crippen LogP contribution in [-0.4, -0.2) is 41.4 Å². The number of hydrogen-bond acceptors (Lipinski definition) is 3. The summed E-state index contributed by atoms with van der Waals surface area (Å²) < 4.78 is 0. The van der Waals surface area contributed by atoms with E-state index in [2.05, 4.69) is 11.1 Å². The van der Waals surface area contributed by atoms with E-state index in [0.717, 1.165) is 24.5 Å². The maximum atomic E-state index is 10.6. The minimum Gasteiger partial charge on any atom is -0.481 e. The average Bonchev–Trinajstić information content (AvgIpc) is 2.74. The van der Waals surface area contributed by atoms with E-state index in [1.807, 2.05) is 30.0 Å². The molecule has 2 rings (SSSR count). The lowest BCUT2D eigenvalue weighted by molar-refractivity contribution is -0.137. The lowest BCUT2D eigenvalue weighted by Gasteiger charge is -2.19. The molecule has 0 aromatic heterocycles. The molecule has 0 bridgehead atoms. The molecule has 1 aliphatic heterocycles. The Hall–Kier alpha value is -1.84. The van der Waals surface area contributed by atoms with Crippen LogP contribution < -0.4 is 0 Å². The molecule has 0 saturated heterocycles. The number of hydrogen-bond donors (Lipinski definition) is 1. The summed E-state index contributed by atoms with van der Waals surface area (Å²) in [6.45, 7) is 4.14. The van der Waals surface area contributed by atoms with Crippen molar-refractivity contribution >= 4 is 11.8 Å². The molecule has 90 valence electrons. The number of carboxylic acids is 1. The number of aliphatic imine (C=N–C) groups is 1. The summed E-state index contributed by atoms with van der Waals surface area (Å²) >= 11 is 0. The van der Waals surface area contributed by atoms with Crippen molar-refractivity contribution in [3.05, 3.63) is 35.4 Å². The Kier molecular flexibility index (Phi) is 3.42. The highest BCUT2D eigenvalue weighted by Crippen LogP contribution is 2.13. The van der Waals surface area contributed by atoms with Crippen LogP contribution in [0.25, 0.3) is 0 Å². The second-order valence-electron chi connectivity index (χ2n) is 4.21. The van der Waals surface area contributed by atoms with Crippen molar-refractivity contribution in [2.75, 3.05) is 19.6 Å². The Labute approximate surface area is 101 Å². The first-order chi connectivity index (χ1) is 8.16. The van der Waals surface area contributed by atoms with E-state index >= 15 is 0 Å². The van der Waals surface area contributed by atoms with Crippen LogP contribution in [0, 0.1) is 6.92 Å². The first-order valence-corrected chi connectivity index (χ1v) is 5.75. The van der Waals surface area contributed by atoms with Crippen molar-refractivity contribution < 1.29 is 9.90 Å². The van der Waals surface area contributed by atoms with Crippen LogP contribution in [0.15, 0.2) is 29.3 Å². The van der Waals surface area contributed by atoms with Crippen molar-refractivity contribution in [2.45, 2.75) is 13.3 Å². The fraction of sp³-hybridized carbons (Fsp3) is 0.385. The van der Waals surface area contributed by atoms with Gasteiger partial charge in [0.1, 0.15) is 5.84 Å². The molecule has 0 saturated carbocycles. The zero-order valence-electron chi connectivity index (χ0n) is 9.89. The number of aryl methyl sites for hydroxylation is 1. The van der Waals surface area contributed by atoms with Gasteiger partial charge in [-0.15, -0.1) is 0 Å². The Bertz CT molecular complexity index is 454. The topological polar surface area (TPSA) is 52.9 Å². The minimum atomic E-state index is -0.763. The van der Waals surface area contributed by atoms with E-state index in [0.29, 0.717) is 6.54 Å². The quantitative estimate of drug-likeness (QED) is 0.856. The zero-order chi connectivity index (χ0) is 12.3. The number of nitrogens with zero attached hydrogens (tertiary/aromatic N) is 2. The summed E-state index contributed by atoms with van der Waals surface area (Å²) in [6.07, 6.45) is 0.158. The molecule has 1 heterocycles. The summed E-state index contributed by atoms with van der Waals surface area (Å²) in [7, 11) is 0. The molecular weight excluding hydrogens is 216 g/mol. The summed E-state index contributed by atoms with van der Waals surface area (Å²) in [5, 5.41) is 8.71. The Morgan fingerprint density at radius 2 is 2.35 bits per heavy atom. The van der Waals surface area contributed by atoms with E-state index in [-0.39, 0.29) is 6.42 Å². The SMILES string of the molecule is Cc1cccc(C2=NCCN2CCC(=O)O)c1. The molecule has 4 nitrogen and oxygen atoms in total. The van der Waals surface area contributed by atoms with Crippen LogP contribution in [0.3, 0.4) is 0 Å². The van der Waals surface area contributed by atoms with Crippen molar-refractivity contribution in [1.82, 2.24) is 4.90 Å². The first-order valence-electron chi connectivity index (χ1n) is 5.75. The number of amidine groups is 1. The molecule has 1 N–H and O–H groups in total. The van der Waals surface area contributed by atoms with Gasteiger partial charge in [-0.25, -0.2) is 0 Å². The van der Waals surface area contributed by atoms with Crippen LogP contribution >= 0.6 is 0 Å². The fourth-order valence-corrected chi connectivity index (χ4v) is 1.99. The molecule has 4 heteroatoms. The number of carboxylic acid groups (broad SMARTS) is 1. The maximum absolute atomic E-state index is 10.6. The third-order valence-electron chi connectivity index (χ3n) is 2.80. The van der Waals surface area contributed by atoms with Crippen molar-refractivity contribution in [3.8, 4) is 0 Å². The largest absolute Gasteiger partial charge is 0.481 e. The molecular formula is C13H16N2O2. The monoisotopic (exact) mass is 232 g/mol. The maximum Gasteiger partial charge on any atom is 0.305 e. The van der Waals surface area contributed by atoms with Gasteiger partial charge < -0.3 is 10.0 Å². The van der Waals surface area contributed by atoms with Gasteiger partial charge in [0.15, 0.2) is 0 Å². The molecule has 1 aliphatic rings. The van der Waals surface area contributed by atoms with Gasteiger partial charge in [-0.3, -0.25) is 9.79 Å².